The molecule has 98 valence electrons. The summed E-state index contributed by atoms with van der Waals surface area (Å²) in [6.07, 6.45) is 0. The van der Waals surface area contributed by atoms with Gasteiger partial charge in [0.05, 0.1) is 0 Å². The maximum Gasteiger partial charge on any atom is 0.251 e. The third-order valence-corrected chi connectivity index (χ3v) is 2.27. The minimum Gasteiger partial charge on any atom is -0.355 e. The first-order valence-electron chi connectivity index (χ1n) is 5.43. The van der Waals surface area contributed by atoms with Gasteiger partial charge in [-0.15, -0.1) is 0 Å². The number of benzene rings is 1. The molecular weight excluding hydrogens is 232 g/mol. The Labute approximate surface area is 106 Å². The molecule has 0 bridgehead atoms. The van der Waals surface area contributed by atoms with E-state index >= 15 is 0 Å². The molecule has 0 radical (unpaired) electrons. The number of nitrogens with two attached hydrogens (primary N) is 1. The van der Waals surface area contributed by atoms with Crippen molar-refractivity contribution >= 4 is 17.5 Å². The van der Waals surface area contributed by atoms with Crippen LogP contribution in [0.3, 0.4) is 0 Å². The average Bonchev–Trinajstić information content (AvgIpc) is 2.39. The number of hydrogen-bond acceptors (Lipinski definition) is 4. The van der Waals surface area contributed by atoms with E-state index < -0.39 is 0 Å². The number of Topliss-reactive ketones (excluding diaryl/α,β-unsaturated/α-hetero) is 2. The molecule has 0 aliphatic rings. The van der Waals surface area contributed by atoms with Gasteiger partial charge in [-0.2, -0.15) is 0 Å². The third-order valence-electron chi connectivity index (χ3n) is 2.27. The number of nitrogens with one attached hydrogen (secondary N) is 1. The van der Waals surface area contributed by atoms with E-state index in [1.54, 1.807) is 0 Å². The second-order valence-corrected chi connectivity index (χ2v) is 3.45. The molecule has 0 aliphatic carbocycles. The molecule has 0 fully saturated rings. The minimum atomic E-state index is -0.280. The maximum atomic E-state index is 11.4. The van der Waals surface area contributed by atoms with Gasteiger partial charge in [-0.05, 0) is 39.1 Å². The Kier molecular flexibility index (Phi) is 6.52. The maximum absolute atomic E-state index is 11.4. The molecule has 1 aromatic carbocycles. The Morgan fingerprint density at radius 2 is 1.50 bits per heavy atom. The van der Waals surface area contributed by atoms with Crippen molar-refractivity contribution in [1.29, 1.82) is 0 Å². The molecule has 1 rings (SSSR count). The molecule has 0 heterocycles. The van der Waals surface area contributed by atoms with Gasteiger partial charge in [0.25, 0.3) is 5.91 Å². The standard InChI is InChI=1S/C12H13NO3.CH5N/c1-7(14)10-5-4-9(12(16)13-3)6-11(10)8(2)15;1-2/h4-6H,1-3H3,(H,13,16);2H2,1H3. The van der Waals surface area contributed by atoms with Gasteiger partial charge in [0.1, 0.15) is 0 Å². The van der Waals surface area contributed by atoms with Crippen molar-refractivity contribution in [1.82, 2.24) is 5.32 Å². The van der Waals surface area contributed by atoms with Crippen molar-refractivity contribution in [3.63, 3.8) is 0 Å². The number of amides is 1. The van der Waals surface area contributed by atoms with Crippen LogP contribution in [0.25, 0.3) is 0 Å². The molecule has 0 unspecified atom stereocenters. The van der Waals surface area contributed by atoms with E-state index in [-0.39, 0.29) is 23.0 Å². The predicted molar refractivity (Wildman–Crippen MR) is 70.0 cm³/mol. The first kappa shape index (κ1) is 16.0. The normalized spacial score (nSPS) is 8.94. The third kappa shape index (κ3) is 3.78. The summed E-state index contributed by atoms with van der Waals surface area (Å²) in [6.45, 7) is 2.76. The zero-order chi connectivity index (χ0) is 14.3. The van der Waals surface area contributed by atoms with Gasteiger partial charge >= 0.3 is 0 Å². The van der Waals surface area contributed by atoms with Crippen molar-refractivity contribution in [2.24, 2.45) is 5.73 Å². The monoisotopic (exact) mass is 250 g/mol. The number of ketones is 2. The molecule has 1 aromatic rings. The predicted octanol–water partition coefficient (Wildman–Crippen LogP) is 1.03. The highest BCUT2D eigenvalue weighted by Gasteiger charge is 2.14. The van der Waals surface area contributed by atoms with E-state index in [0.717, 1.165) is 0 Å². The fourth-order valence-corrected chi connectivity index (χ4v) is 1.43. The van der Waals surface area contributed by atoms with Gasteiger partial charge in [0, 0.05) is 23.7 Å². The van der Waals surface area contributed by atoms with Crippen LogP contribution >= 0.6 is 0 Å². The van der Waals surface area contributed by atoms with Crippen LogP contribution in [0.15, 0.2) is 18.2 Å². The molecule has 5 nitrogen and oxygen atoms in total. The van der Waals surface area contributed by atoms with Crippen molar-refractivity contribution in [3.8, 4) is 0 Å². The van der Waals surface area contributed by atoms with Crippen LogP contribution in [0, 0.1) is 0 Å². The van der Waals surface area contributed by atoms with E-state index in [1.807, 2.05) is 0 Å². The smallest absolute Gasteiger partial charge is 0.251 e. The largest absolute Gasteiger partial charge is 0.355 e. The summed E-state index contributed by atoms with van der Waals surface area (Å²) >= 11 is 0. The van der Waals surface area contributed by atoms with Crippen LogP contribution < -0.4 is 11.1 Å². The summed E-state index contributed by atoms with van der Waals surface area (Å²) in [4.78, 5) is 34.0. The summed E-state index contributed by atoms with van der Waals surface area (Å²) in [5.74, 6) is -0.692. The van der Waals surface area contributed by atoms with Gasteiger partial charge in [0.2, 0.25) is 0 Å². The Morgan fingerprint density at radius 1 is 1.00 bits per heavy atom. The van der Waals surface area contributed by atoms with Crippen molar-refractivity contribution in [3.05, 3.63) is 34.9 Å². The van der Waals surface area contributed by atoms with Crippen molar-refractivity contribution in [2.75, 3.05) is 14.1 Å². The lowest BCUT2D eigenvalue weighted by Gasteiger charge is -2.06. The van der Waals surface area contributed by atoms with E-state index in [1.165, 1.54) is 46.1 Å². The van der Waals surface area contributed by atoms with Gasteiger partial charge in [-0.1, -0.05) is 0 Å². The summed E-state index contributed by atoms with van der Waals surface area (Å²) < 4.78 is 0. The fourth-order valence-electron chi connectivity index (χ4n) is 1.43. The molecule has 1 amide bonds. The van der Waals surface area contributed by atoms with E-state index in [0.29, 0.717) is 11.1 Å². The van der Waals surface area contributed by atoms with Crippen LogP contribution in [-0.2, 0) is 0 Å². The van der Waals surface area contributed by atoms with E-state index in [2.05, 4.69) is 11.1 Å². The van der Waals surface area contributed by atoms with Crippen molar-refractivity contribution in [2.45, 2.75) is 13.8 Å². The molecule has 0 aliphatic heterocycles. The van der Waals surface area contributed by atoms with Crippen LogP contribution in [0.2, 0.25) is 0 Å². The average molecular weight is 250 g/mol. The number of carbonyl (C=O) groups is 3. The molecule has 5 heteroatoms. The van der Waals surface area contributed by atoms with E-state index in [9.17, 15) is 14.4 Å². The SMILES string of the molecule is CN.CNC(=O)c1ccc(C(C)=O)c(C(C)=O)c1. The Hall–Kier alpha value is -2.01. The van der Waals surface area contributed by atoms with Crippen LogP contribution in [-0.4, -0.2) is 31.6 Å². The summed E-state index contributed by atoms with van der Waals surface area (Å²) in [6, 6.07) is 4.48. The van der Waals surface area contributed by atoms with Gasteiger partial charge in [0.15, 0.2) is 11.6 Å². The highest BCUT2D eigenvalue weighted by molar-refractivity contribution is 6.09. The van der Waals surface area contributed by atoms with Crippen LogP contribution in [0.1, 0.15) is 44.9 Å². The minimum absolute atomic E-state index is 0.186. The second kappa shape index (κ2) is 7.34. The highest BCUT2D eigenvalue weighted by atomic mass is 16.1. The van der Waals surface area contributed by atoms with E-state index in [4.69, 9.17) is 0 Å². The molecule has 0 spiro atoms. The topological polar surface area (TPSA) is 89.3 Å². The zero-order valence-corrected chi connectivity index (χ0v) is 11.0. The quantitative estimate of drug-likeness (QED) is 0.784. The summed E-state index contributed by atoms with van der Waals surface area (Å²) in [5, 5.41) is 2.46. The Balaban J connectivity index is 0.00000137. The molecule has 0 atom stereocenters. The molecule has 0 saturated carbocycles. The molecule has 18 heavy (non-hydrogen) atoms. The highest BCUT2D eigenvalue weighted by Crippen LogP contribution is 2.13. The van der Waals surface area contributed by atoms with Crippen molar-refractivity contribution < 1.29 is 14.4 Å². The summed E-state index contributed by atoms with van der Waals surface area (Å²) in [7, 11) is 3.01. The number of hydrogen-bond donors (Lipinski definition) is 2. The second-order valence-electron chi connectivity index (χ2n) is 3.45. The zero-order valence-electron chi connectivity index (χ0n) is 11.0. The molecule has 0 aromatic heterocycles. The summed E-state index contributed by atoms with van der Waals surface area (Å²) in [5.41, 5.74) is 5.51. The van der Waals surface area contributed by atoms with Gasteiger partial charge < -0.3 is 11.1 Å². The molecule has 3 N–H and O–H groups in total. The molecular formula is C13H18N2O3. The fraction of sp³-hybridized carbons (Fsp3) is 0.308. The lowest BCUT2D eigenvalue weighted by Crippen LogP contribution is -2.18. The van der Waals surface area contributed by atoms with Gasteiger partial charge in [-0.25, -0.2) is 0 Å². The number of carbonyl (C=O) groups excluding carboxylic acids is 3. The lowest BCUT2D eigenvalue weighted by molar-refractivity contribution is 0.0959. The Morgan fingerprint density at radius 3 is 1.89 bits per heavy atom. The Bertz CT molecular complexity index is 467. The first-order valence-corrected chi connectivity index (χ1v) is 5.43. The van der Waals surface area contributed by atoms with Crippen LogP contribution in [0.5, 0.6) is 0 Å². The molecule has 0 saturated heterocycles. The number of rotatable bonds is 3. The lowest BCUT2D eigenvalue weighted by atomic mass is 9.98. The first-order chi connectivity index (χ1) is 8.47. The van der Waals surface area contributed by atoms with Gasteiger partial charge in [-0.3, -0.25) is 14.4 Å². The van der Waals surface area contributed by atoms with Crippen LogP contribution in [0.4, 0.5) is 0 Å².